The maximum absolute atomic E-state index is 13.2. The Kier molecular flexibility index (Phi) is 3.58. The summed E-state index contributed by atoms with van der Waals surface area (Å²) in [6.07, 6.45) is 3.36. The number of aromatic nitrogens is 2. The van der Waals surface area contributed by atoms with E-state index in [2.05, 4.69) is 10.3 Å². The average molecular weight is 301 g/mol. The van der Waals surface area contributed by atoms with E-state index < -0.39 is 17.5 Å². The maximum Gasteiger partial charge on any atom is 0.257 e. The van der Waals surface area contributed by atoms with E-state index in [4.69, 9.17) is 0 Å². The van der Waals surface area contributed by atoms with Crippen molar-refractivity contribution in [3.63, 3.8) is 0 Å². The summed E-state index contributed by atoms with van der Waals surface area (Å²) in [5.74, 6) is -2.35. The third-order valence-electron chi connectivity index (χ3n) is 3.40. The largest absolute Gasteiger partial charge is 0.332 e. The van der Waals surface area contributed by atoms with Crippen LogP contribution < -0.4 is 5.32 Å². The van der Waals surface area contributed by atoms with Crippen LogP contribution in [0, 0.1) is 11.6 Å². The molecule has 1 amide bonds. The number of fused-ring (bicyclic) bond motifs is 1. The van der Waals surface area contributed by atoms with Gasteiger partial charge in [-0.15, -0.1) is 0 Å². The van der Waals surface area contributed by atoms with Gasteiger partial charge >= 0.3 is 0 Å². The number of carbonyl (C=O) groups is 1. The van der Waals surface area contributed by atoms with E-state index >= 15 is 0 Å². The van der Waals surface area contributed by atoms with Crippen LogP contribution in [0.1, 0.15) is 17.3 Å². The predicted octanol–water partition coefficient (Wildman–Crippen LogP) is 3.59. The number of rotatable bonds is 3. The lowest BCUT2D eigenvalue weighted by molar-refractivity contribution is 0.102. The van der Waals surface area contributed by atoms with Crippen molar-refractivity contribution < 1.29 is 13.6 Å². The Morgan fingerprint density at radius 3 is 2.82 bits per heavy atom. The van der Waals surface area contributed by atoms with Crippen molar-refractivity contribution in [3.05, 3.63) is 59.9 Å². The van der Waals surface area contributed by atoms with Crippen LogP contribution in [0.2, 0.25) is 0 Å². The monoisotopic (exact) mass is 301 g/mol. The van der Waals surface area contributed by atoms with Gasteiger partial charge in [0, 0.05) is 36.1 Å². The summed E-state index contributed by atoms with van der Waals surface area (Å²) in [5.41, 5.74) is 1.35. The van der Waals surface area contributed by atoms with E-state index in [1.165, 1.54) is 6.07 Å². The summed E-state index contributed by atoms with van der Waals surface area (Å²) in [7, 11) is 0. The number of benzene rings is 1. The number of carbonyl (C=O) groups excluding carboxylic acids is 1. The molecule has 22 heavy (non-hydrogen) atoms. The Hall–Kier alpha value is -2.76. The molecule has 0 aliphatic rings. The number of hydrogen-bond donors (Lipinski definition) is 1. The van der Waals surface area contributed by atoms with E-state index in [0.717, 1.165) is 12.1 Å². The van der Waals surface area contributed by atoms with Crippen LogP contribution in [0.25, 0.3) is 11.0 Å². The van der Waals surface area contributed by atoms with Gasteiger partial charge < -0.3 is 9.88 Å². The van der Waals surface area contributed by atoms with Crippen LogP contribution in [0.5, 0.6) is 0 Å². The van der Waals surface area contributed by atoms with Crippen LogP contribution >= 0.6 is 0 Å². The molecule has 0 saturated carbocycles. The fraction of sp³-hybridized carbons (Fsp3) is 0.125. The smallest absolute Gasteiger partial charge is 0.257 e. The molecule has 0 bridgehead atoms. The van der Waals surface area contributed by atoms with E-state index in [9.17, 15) is 13.6 Å². The fourth-order valence-corrected chi connectivity index (χ4v) is 2.32. The third-order valence-corrected chi connectivity index (χ3v) is 3.40. The molecule has 0 unspecified atom stereocenters. The number of hydrogen-bond acceptors (Lipinski definition) is 2. The molecule has 6 heteroatoms. The topological polar surface area (TPSA) is 46.9 Å². The lowest BCUT2D eigenvalue weighted by Gasteiger charge is -2.04. The van der Waals surface area contributed by atoms with Crippen molar-refractivity contribution in [2.45, 2.75) is 13.5 Å². The van der Waals surface area contributed by atoms with Gasteiger partial charge in [0.25, 0.3) is 5.91 Å². The second-order valence-corrected chi connectivity index (χ2v) is 4.79. The predicted molar refractivity (Wildman–Crippen MR) is 79.7 cm³/mol. The second-order valence-electron chi connectivity index (χ2n) is 4.79. The standard InChI is InChI=1S/C16H13F2N3O/c1-2-21-9-12(11-4-3-7-19-15(11)21)16(22)20-10-5-6-13(17)14(18)8-10/h3-9H,2H2,1H3,(H,20,22). The van der Waals surface area contributed by atoms with Gasteiger partial charge in [-0.2, -0.15) is 0 Å². The van der Waals surface area contributed by atoms with Crippen molar-refractivity contribution >= 4 is 22.6 Å². The van der Waals surface area contributed by atoms with Crippen molar-refractivity contribution in [2.75, 3.05) is 5.32 Å². The highest BCUT2D eigenvalue weighted by Crippen LogP contribution is 2.21. The lowest BCUT2D eigenvalue weighted by Crippen LogP contribution is -2.11. The Balaban J connectivity index is 1.97. The summed E-state index contributed by atoms with van der Waals surface area (Å²) in [6, 6.07) is 6.78. The molecule has 0 aliphatic heterocycles. The molecule has 0 fully saturated rings. The van der Waals surface area contributed by atoms with Crippen molar-refractivity contribution in [1.82, 2.24) is 9.55 Å². The summed E-state index contributed by atoms with van der Waals surface area (Å²) < 4.78 is 28.0. The first-order chi connectivity index (χ1) is 10.6. The van der Waals surface area contributed by atoms with Crippen LogP contribution in [-0.4, -0.2) is 15.5 Å². The van der Waals surface area contributed by atoms with Gasteiger partial charge in [0.15, 0.2) is 11.6 Å². The average Bonchev–Trinajstić information content (AvgIpc) is 2.90. The first-order valence-corrected chi connectivity index (χ1v) is 6.80. The van der Waals surface area contributed by atoms with E-state index in [1.54, 1.807) is 24.5 Å². The highest BCUT2D eigenvalue weighted by atomic mass is 19.2. The van der Waals surface area contributed by atoms with Gasteiger partial charge in [-0.3, -0.25) is 4.79 Å². The molecule has 0 radical (unpaired) electrons. The molecule has 0 atom stereocenters. The molecule has 0 spiro atoms. The Bertz CT molecular complexity index is 858. The zero-order valence-corrected chi connectivity index (χ0v) is 11.8. The Labute approximate surface area is 125 Å². The van der Waals surface area contributed by atoms with E-state index in [1.807, 2.05) is 11.5 Å². The van der Waals surface area contributed by atoms with Crippen LogP contribution in [-0.2, 0) is 6.54 Å². The SMILES string of the molecule is CCn1cc(C(=O)Nc2ccc(F)c(F)c2)c2cccnc21. The van der Waals surface area contributed by atoms with Gasteiger partial charge in [-0.25, -0.2) is 13.8 Å². The van der Waals surface area contributed by atoms with Gasteiger partial charge in [0.1, 0.15) is 5.65 Å². The van der Waals surface area contributed by atoms with Crippen molar-refractivity contribution in [2.24, 2.45) is 0 Å². The zero-order valence-electron chi connectivity index (χ0n) is 11.8. The summed E-state index contributed by atoms with van der Waals surface area (Å²) in [6.45, 7) is 2.62. The molecular weight excluding hydrogens is 288 g/mol. The first kappa shape index (κ1) is 14.2. The number of nitrogens with one attached hydrogen (secondary N) is 1. The highest BCUT2D eigenvalue weighted by Gasteiger charge is 2.16. The minimum absolute atomic E-state index is 0.199. The number of anilines is 1. The summed E-state index contributed by atoms with van der Waals surface area (Å²) in [4.78, 5) is 16.6. The molecular formula is C16H13F2N3O. The molecule has 2 heterocycles. The minimum atomic E-state index is -1.00. The molecule has 4 nitrogen and oxygen atoms in total. The van der Waals surface area contributed by atoms with Crippen LogP contribution in [0.4, 0.5) is 14.5 Å². The van der Waals surface area contributed by atoms with Gasteiger partial charge in [0.05, 0.1) is 5.56 Å². The Morgan fingerprint density at radius 1 is 1.27 bits per heavy atom. The molecule has 3 aromatic rings. The molecule has 1 aromatic carbocycles. The molecule has 0 aliphatic carbocycles. The third kappa shape index (κ3) is 2.43. The molecule has 112 valence electrons. The number of pyridine rings is 1. The number of nitrogens with zero attached hydrogens (tertiary/aromatic N) is 2. The van der Waals surface area contributed by atoms with Gasteiger partial charge in [-0.05, 0) is 31.2 Å². The Morgan fingerprint density at radius 2 is 2.09 bits per heavy atom. The number of amides is 1. The van der Waals surface area contributed by atoms with Crippen molar-refractivity contribution in [1.29, 1.82) is 0 Å². The van der Waals surface area contributed by atoms with Crippen molar-refractivity contribution in [3.8, 4) is 0 Å². The summed E-state index contributed by atoms with van der Waals surface area (Å²) >= 11 is 0. The first-order valence-electron chi connectivity index (χ1n) is 6.80. The van der Waals surface area contributed by atoms with E-state index in [0.29, 0.717) is 23.1 Å². The second kappa shape index (κ2) is 5.55. The van der Waals surface area contributed by atoms with E-state index in [-0.39, 0.29) is 5.69 Å². The van der Waals surface area contributed by atoms with Crippen LogP contribution in [0.3, 0.4) is 0 Å². The quantitative estimate of drug-likeness (QED) is 0.803. The number of halogens is 2. The number of aryl methyl sites for hydroxylation is 1. The lowest BCUT2D eigenvalue weighted by atomic mass is 10.2. The summed E-state index contributed by atoms with van der Waals surface area (Å²) in [5, 5.41) is 3.28. The maximum atomic E-state index is 13.2. The molecule has 1 N–H and O–H groups in total. The highest BCUT2D eigenvalue weighted by molar-refractivity contribution is 6.12. The molecule has 2 aromatic heterocycles. The van der Waals surface area contributed by atoms with Gasteiger partial charge in [0.2, 0.25) is 0 Å². The van der Waals surface area contributed by atoms with Gasteiger partial charge in [-0.1, -0.05) is 0 Å². The fourth-order valence-electron chi connectivity index (χ4n) is 2.32. The normalized spacial score (nSPS) is 10.9. The zero-order chi connectivity index (χ0) is 15.7. The van der Waals surface area contributed by atoms with Crippen LogP contribution in [0.15, 0.2) is 42.7 Å². The molecule has 3 rings (SSSR count). The molecule has 0 saturated heterocycles. The minimum Gasteiger partial charge on any atom is -0.332 e.